The molecular formula is C17H23FN2O2. The van der Waals surface area contributed by atoms with E-state index in [0.29, 0.717) is 11.7 Å². The van der Waals surface area contributed by atoms with Gasteiger partial charge in [-0.2, -0.15) is 0 Å². The Morgan fingerprint density at radius 2 is 2.00 bits per heavy atom. The lowest BCUT2D eigenvalue weighted by Gasteiger charge is -2.38. The molecule has 1 aliphatic carbocycles. The molecule has 1 heterocycles. The van der Waals surface area contributed by atoms with Crippen molar-refractivity contribution >= 4 is 5.91 Å². The molecule has 2 aliphatic rings. The fraction of sp³-hybridized carbons (Fsp3) is 0.588. The molecule has 0 N–H and O–H groups in total. The third-order valence-electron chi connectivity index (χ3n) is 4.78. The first-order valence-electron chi connectivity index (χ1n) is 8.01. The fourth-order valence-electron chi connectivity index (χ4n) is 3.13. The van der Waals surface area contributed by atoms with Crippen LogP contribution in [-0.4, -0.2) is 49.0 Å². The van der Waals surface area contributed by atoms with E-state index in [9.17, 15) is 9.18 Å². The summed E-state index contributed by atoms with van der Waals surface area (Å²) in [7, 11) is 1.56. The van der Waals surface area contributed by atoms with Crippen LogP contribution < -0.4 is 4.74 Å². The van der Waals surface area contributed by atoms with Crippen molar-refractivity contribution in [3.63, 3.8) is 0 Å². The van der Waals surface area contributed by atoms with Crippen LogP contribution in [0.2, 0.25) is 0 Å². The molecule has 0 atom stereocenters. The summed E-state index contributed by atoms with van der Waals surface area (Å²) in [5.74, 6) is 0.929. The largest absolute Gasteiger partial charge is 0.496 e. The van der Waals surface area contributed by atoms with E-state index < -0.39 is 0 Å². The summed E-state index contributed by atoms with van der Waals surface area (Å²) < 4.78 is 18.5. The first-order valence-corrected chi connectivity index (χ1v) is 8.01. The molecule has 1 aliphatic heterocycles. The van der Waals surface area contributed by atoms with Gasteiger partial charge in [0.15, 0.2) is 0 Å². The van der Waals surface area contributed by atoms with Gasteiger partial charge in [0, 0.05) is 50.3 Å². The zero-order valence-corrected chi connectivity index (χ0v) is 13.1. The number of halogens is 1. The maximum absolute atomic E-state index is 13.2. The molecule has 0 aromatic heterocycles. The molecule has 2 fully saturated rings. The van der Waals surface area contributed by atoms with Crippen LogP contribution in [0.3, 0.4) is 0 Å². The number of rotatable bonds is 4. The number of nitrogens with zero attached hydrogens (tertiary/aromatic N) is 2. The zero-order chi connectivity index (χ0) is 15.5. The van der Waals surface area contributed by atoms with Gasteiger partial charge in [-0.25, -0.2) is 4.39 Å². The number of piperazine rings is 1. The first kappa shape index (κ1) is 15.3. The second-order valence-electron chi connectivity index (χ2n) is 6.19. The Morgan fingerprint density at radius 1 is 1.27 bits per heavy atom. The van der Waals surface area contributed by atoms with Gasteiger partial charge in [0.1, 0.15) is 11.6 Å². The second-order valence-corrected chi connectivity index (χ2v) is 6.19. The van der Waals surface area contributed by atoms with Crippen LogP contribution in [-0.2, 0) is 11.3 Å². The van der Waals surface area contributed by atoms with E-state index in [1.54, 1.807) is 13.2 Å². The smallest absolute Gasteiger partial charge is 0.225 e. The predicted octanol–water partition coefficient (Wildman–Crippen LogP) is 2.28. The highest BCUT2D eigenvalue weighted by atomic mass is 19.1. The van der Waals surface area contributed by atoms with E-state index >= 15 is 0 Å². The van der Waals surface area contributed by atoms with Gasteiger partial charge >= 0.3 is 0 Å². The number of ether oxygens (including phenoxy) is 1. The van der Waals surface area contributed by atoms with E-state index in [1.807, 2.05) is 4.90 Å². The molecule has 0 spiro atoms. The number of carbonyl (C=O) groups is 1. The van der Waals surface area contributed by atoms with Crippen LogP contribution in [0.5, 0.6) is 5.75 Å². The van der Waals surface area contributed by atoms with Crippen molar-refractivity contribution in [2.45, 2.75) is 25.8 Å². The van der Waals surface area contributed by atoms with Crippen LogP contribution in [0.15, 0.2) is 18.2 Å². The maximum atomic E-state index is 13.2. The van der Waals surface area contributed by atoms with Crippen LogP contribution in [0.25, 0.3) is 0 Å². The molecule has 0 unspecified atom stereocenters. The van der Waals surface area contributed by atoms with Crippen molar-refractivity contribution in [1.29, 1.82) is 0 Å². The number of amides is 1. The molecule has 3 rings (SSSR count). The Hall–Kier alpha value is -1.62. The molecule has 5 heteroatoms. The summed E-state index contributed by atoms with van der Waals surface area (Å²) in [6.45, 7) is 4.03. The predicted molar refractivity (Wildman–Crippen MR) is 82.2 cm³/mol. The average molecular weight is 306 g/mol. The quantitative estimate of drug-likeness (QED) is 0.855. The summed E-state index contributed by atoms with van der Waals surface area (Å²) in [4.78, 5) is 16.5. The monoisotopic (exact) mass is 306 g/mol. The highest BCUT2D eigenvalue weighted by molar-refractivity contribution is 5.79. The van der Waals surface area contributed by atoms with Crippen molar-refractivity contribution in [2.75, 3.05) is 33.3 Å². The maximum Gasteiger partial charge on any atom is 0.225 e. The van der Waals surface area contributed by atoms with E-state index in [-0.39, 0.29) is 11.7 Å². The normalized spacial score (nSPS) is 19.8. The molecule has 1 amide bonds. The van der Waals surface area contributed by atoms with Crippen LogP contribution in [0.4, 0.5) is 4.39 Å². The molecule has 0 bridgehead atoms. The number of benzene rings is 1. The van der Waals surface area contributed by atoms with Gasteiger partial charge in [0.05, 0.1) is 7.11 Å². The van der Waals surface area contributed by atoms with E-state index in [0.717, 1.165) is 51.1 Å². The third kappa shape index (κ3) is 3.24. The summed E-state index contributed by atoms with van der Waals surface area (Å²) in [5.41, 5.74) is 0.989. The van der Waals surface area contributed by atoms with Crippen LogP contribution in [0.1, 0.15) is 24.8 Å². The molecule has 1 saturated heterocycles. The Morgan fingerprint density at radius 3 is 2.59 bits per heavy atom. The minimum absolute atomic E-state index is 0.281. The lowest BCUT2D eigenvalue weighted by Crippen LogP contribution is -2.50. The van der Waals surface area contributed by atoms with Crippen LogP contribution in [0, 0.1) is 11.7 Å². The third-order valence-corrected chi connectivity index (χ3v) is 4.78. The fourth-order valence-corrected chi connectivity index (χ4v) is 3.13. The second kappa shape index (κ2) is 6.65. The number of methoxy groups -OCH3 is 1. The van der Waals surface area contributed by atoms with Crippen molar-refractivity contribution in [1.82, 2.24) is 9.80 Å². The topological polar surface area (TPSA) is 32.8 Å². The standard InChI is InChI=1S/C17H23FN2O2/c1-22-16-11-15(18)6-5-14(16)12-19-7-9-20(10-8-19)17(21)13-3-2-4-13/h5-6,11,13H,2-4,7-10,12H2,1H3. The van der Waals surface area contributed by atoms with Crippen molar-refractivity contribution in [3.05, 3.63) is 29.6 Å². The van der Waals surface area contributed by atoms with Gasteiger partial charge in [-0.1, -0.05) is 12.5 Å². The zero-order valence-electron chi connectivity index (χ0n) is 13.1. The van der Waals surface area contributed by atoms with Gasteiger partial charge in [-0.05, 0) is 18.9 Å². The van der Waals surface area contributed by atoms with Crippen molar-refractivity contribution < 1.29 is 13.9 Å². The minimum atomic E-state index is -0.281. The summed E-state index contributed by atoms with van der Waals surface area (Å²) in [6.07, 6.45) is 3.32. The molecule has 4 nitrogen and oxygen atoms in total. The summed E-state index contributed by atoms with van der Waals surface area (Å²) in [6, 6.07) is 4.67. The van der Waals surface area contributed by atoms with Gasteiger partial charge in [0.25, 0.3) is 0 Å². The lowest BCUT2D eigenvalue weighted by molar-refractivity contribution is -0.140. The van der Waals surface area contributed by atoms with E-state index in [4.69, 9.17) is 4.74 Å². The Bertz CT molecular complexity index is 537. The lowest BCUT2D eigenvalue weighted by atomic mass is 9.84. The van der Waals surface area contributed by atoms with Gasteiger partial charge in [0.2, 0.25) is 5.91 Å². The Kier molecular flexibility index (Phi) is 4.62. The molecule has 120 valence electrons. The van der Waals surface area contributed by atoms with Crippen molar-refractivity contribution in [2.24, 2.45) is 5.92 Å². The highest BCUT2D eigenvalue weighted by Crippen LogP contribution is 2.29. The molecule has 0 radical (unpaired) electrons. The number of carbonyl (C=O) groups excluding carboxylic acids is 1. The SMILES string of the molecule is COc1cc(F)ccc1CN1CCN(C(=O)C2CCC2)CC1. The molecule has 1 saturated carbocycles. The minimum Gasteiger partial charge on any atom is -0.496 e. The van der Waals surface area contributed by atoms with E-state index in [2.05, 4.69) is 4.90 Å². The molecular weight excluding hydrogens is 283 g/mol. The Balaban J connectivity index is 1.54. The average Bonchev–Trinajstić information content (AvgIpc) is 2.48. The van der Waals surface area contributed by atoms with Gasteiger partial charge in [-0.3, -0.25) is 9.69 Å². The van der Waals surface area contributed by atoms with Crippen LogP contribution >= 0.6 is 0 Å². The van der Waals surface area contributed by atoms with Crippen molar-refractivity contribution in [3.8, 4) is 5.75 Å². The first-order chi connectivity index (χ1) is 10.7. The van der Waals surface area contributed by atoms with Gasteiger partial charge in [-0.15, -0.1) is 0 Å². The molecule has 22 heavy (non-hydrogen) atoms. The number of hydrogen-bond acceptors (Lipinski definition) is 3. The Labute approximate surface area is 130 Å². The molecule has 1 aromatic carbocycles. The molecule has 1 aromatic rings. The van der Waals surface area contributed by atoms with Gasteiger partial charge < -0.3 is 9.64 Å². The highest BCUT2D eigenvalue weighted by Gasteiger charge is 2.31. The summed E-state index contributed by atoms with van der Waals surface area (Å²) in [5, 5.41) is 0. The number of hydrogen-bond donors (Lipinski definition) is 0. The van der Waals surface area contributed by atoms with E-state index in [1.165, 1.54) is 18.6 Å². The summed E-state index contributed by atoms with van der Waals surface area (Å²) >= 11 is 0.